The molecule has 5 nitrogen and oxygen atoms in total. The number of hydrogen-bond acceptors (Lipinski definition) is 6. The van der Waals surface area contributed by atoms with E-state index in [4.69, 9.17) is 4.74 Å². The minimum atomic E-state index is -0.254. The van der Waals surface area contributed by atoms with E-state index in [9.17, 15) is 4.79 Å². The highest BCUT2D eigenvalue weighted by atomic mass is 32.1. The maximum absolute atomic E-state index is 11.9. The number of fused-ring (bicyclic) bond motifs is 1. The van der Waals surface area contributed by atoms with E-state index >= 15 is 0 Å². The Balaban J connectivity index is 1.41. The maximum Gasteiger partial charge on any atom is 0.338 e. The van der Waals surface area contributed by atoms with Crippen molar-refractivity contribution in [3.63, 3.8) is 0 Å². The molecule has 0 aliphatic heterocycles. The van der Waals surface area contributed by atoms with Crippen molar-refractivity contribution in [3.8, 4) is 0 Å². The normalized spacial score (nSPS) is 13.7. The highest BCUT2D eigenvalue weighted by Crippen LogP contribution is 2.33. The number of esters is 1. The summed E-state index contributed by atoms with van der Waals surface area (Å²) in [7, 11) is 0. The lowest BCUT2D eigenvalue weighted by Gasteiger charge is -2.06. The van der Waals surface area contributed by atoms with Crippen LogP contribution in [0.15, 0.2) is 36.0 Å². The van der Waals surface area contributed by atoms with Crippen molar-refractivity contribution in [3.05, 3.63) is 52.7 Å². The van der Waals surface area contributed by atoms with Crippen molar-refractivity contribution in [2.45, 2.75) is 45.1 Å². The molecule has 0 bridgehead atoms. The zero-order chi connectivity index (χ0) is 18.6. The molecule has 1 fully saturated rings. The second kappa shape index (κ2) is 8.05. The van der Waals surface area contributed by atoms with Gasteiger partial charge in [0.25, 0.3) is 0 Å². The van der Waals surface area contributed by atoms with Crippen LogP contribution in [0, 0.1) is 0 Å². The van der Waals surface area contributed by atoms with Gasteiger partial charge in [0.05, 0.1) is 22.4 Å². The van der Waals surface area contributed by atoms with E-state index in [1.807, 2.05) is 19.1 Å². The Morgan fingerprint density at radius 1 is 1.30 bits per heavy atom. The Kier molecular flexibility index (Phi) is 5.34. The molecule has 1 aliphatic carbocycles. The molecule has 4 rings (SSSR count). The molecule has 0 spiro atoms. The molecule has 3 aromatic rings. The van der Waals surface area contributed by atoms with Gasteiger partial charge in [-0.2, -0.15) is 0 Å². The van der Waals surface area contributed by atoms with Gasteiger partial charge in [-0.3, -0.25) is 0 Å². The predicted octanol–water partition coefficient (Wildman–Crippen LogP) is 4.62. The van der Waals surface area contributed by atoms with Gasteiger partial charge in [-0.25, -0.2) is 14.8 Å². The number of nitrogens with one attached hydrogen (secondary N) is 1. The molecule has 0 amide bonds. The van der Waals surface area contributed by atoms with Crippen molar-refractivity contribution < 1.29 is 9.53 Å². The van der Waals surface area contributed by atoms with Crippen LogP contribution in [0.2, 0.25) is 0 Å². The third-order valence-corrected chi connectivity index (χ3v) is 5.72. The third-order valence-electron chi connectivity index (χ3n) is 4.69. The first-order chi connectivity index (χ1) is 13.2. The van der Waals surface area contributed by atoms with Crippen LogP contribution < -0.4 is 5.32 Å². The first-order valence-electron chi connectivity index (χ1n) is 9.48. The summed E-state index contributed by atoms with van der Waals surface area (Å²) >= 11 is 1.72. The fourth-order valence-electron chi connectivity index (χ4n) is 3.15. The van der Waals surface area contributed by atoms with Crippen molar-refractivity contribution in [1.82, 2.24) is 9.97 Å². The predicted molar refractivity (Wildman–Crippen MR) is 108 cm³/mol. The first kappa shape index (κ1) is 17.9. The number of hydrogen-bond donors (Lipinski definition) is 1. The molecule has 140 valence electrons. The average Bonchev–Trinajstić information content (AvgIpc) is 3.40. The number of anilines is 1. The number of aromatic nitrogens is 2. The number of benzene rings is 1. The van der Waals surface area contributed by atoms with Gasteiger partial charge in [0, 0.05) is 6.04 Å². The fraction of sp³-hybridized carbons (Fsp3) is 0.381. The van der Waals surface area contributed by atoms with Crippen molar-refractivity contribution in [1.29, 1.82) is 0 Å². The molecular formula is C21H23N3O2S. The van der Waals surface area contributed by atoms with Gasteiger partial charge in [0.1, 0.15) is 12.1 Å². The van der Waals surface area contributed by atoms with Gasteiger partial charge >= 0.3 is 5.97 Å². The lowest BCUT2D eigenvalue weighted by molar-refractivity contribution is 0.0526. The highest BCUT2D eigenvalue weighted by molar-refractivity contribution is 7.18. The second-order valence-corrected chi connectivity index (χ2v) is 7.73. The molecule has 1 aromatic carbocycles. The molecule has 0 unspecified atom stereocenters. The van der Waals surface area contributed by atoms with Gasteiger partial charge in [0.15, 0.2) is 0 Å². The third kappa shape index (κ3) is 4.27. The van der Waals surface area contributed by atoms with Crippen molar-refractivity contribution in [2.75, 3.05) is 11.9 Å². The Bertz CT molecular complexity index is 950. The monoisotopic (exact) mass is 381 g/mol. The SMILES string of the molecule is CCOC(=O)c1cccc(CCCc2csc3c(NC4CC4)ncnc23)c1. The minimum absolute atomic E-state index is 0.254. The summed E-state index contributed by atoms with van der Waals surface area (Å²) in [5.74, 6) is 0.719. The van der Waals surface area contributed by atoms with Crippen molar-refractivity contribution >= 4 is 33.3 Å². The van der Waals surface area contributed by atoms with Gasteiger partial charge in [-0.1, -0.05) is 12.1 Å². The van der Waals surface area contributed by atoms with Crippen LogP contribution in [0.25, 0.3) is 10.2 Å². The minimum Gasteiger partial charge on any atom is -0.462 e. The smallest absolute Gasteiger partial charge is 0.338 e. The van der Waals surface area contributed by atoms with Gasteiger partial charge in [0.2, 0.25) is 0 Å². The van der Waals surface area contributed by atoms with Gasteiger partial charge in [-0.05, 0) is 67.7 Å². The fourth-order valence-corrected chi connectivity index (χ4v) is 4.16. The van der Waals surface area contributed by atoms with Gasteiger partial charge in [-0.15, -0.1) is 11.3 Å². The summed E-state index contributed by atoms with van der Waals surface area (Å²) in [6, 6.07) is 8.31. The van der Waals surface area contributed by atoms with Crippen LogP contribution in [0.1, 0.15) is 47.7 Å². The van der Waals surface area contributed by atoms with E-state index in [2.05, 4.69) is 26.7 Å². The Hall–Kier alpha value is -2.47. The number of thiophene rings is 1. The lowest BCUT2D eigenvalue weighted by atomic mass is 10.0. The van der Waals surface area contributed by atoms with E-state index < -0.39 is 0 Å². The molecule has 2 aromatic heterocycles. The molecule has 0 saturated heterocycles. The second-order valence-electron chi connectivity index (χ2n) is 6.85. The largest absolute Gasteiger partial charge is 0.462 e. The molecule has 6 heteroatoms. The molecular weight excluding hydrogens is 358 g/mol. The molecule has 2 heterocycles. The number of rotatable bonds is 8. The number of ether oxygens (including phenoxy) is 1. The van der Waals surface area contributed by atoms with Crippen LogP contribution in [-0.4, -0.2) is 28.6 Å². The van der Waals surface area contributed by atoms with E-state index in [1.165, 1.54) is 18.4 Å². The topological polar surface area (TPSA) is 64.1 Å². The summed E-state index contributed by atoms with van der Waals surface area (Å²) in [4.78, 5) is 20.8. The molecule has 1 saturated carbocycles. The highest BCUT2D eigenvalue weighted by Gasteiger charge is 2.23. The van der Waals surface area contributed by atoms with Crippen LogP contribution in [-0.2, 0) is 17.6 Å². The Morgan fingerprint density at radius 2 is 2.19 bits per heavy atom. The lowest BCUT2D eigenvalue weighted by Crippen LogP contribution is -2.05. The number of aryl methyl sites for hydroxylation is 2. The number of carbonyl (C=O) groups excluding carboxylic acids is 1. The molecule has 0 atom stereocenters. The average molecular weight is 382 g/mol. The van der Waals surface area contributed by atoms with E-state index in [-0.39, 0.29) is 5.97 Å². The van der Waals surface area contributed by atoms with Gasteiger partial charge < -0.3 is 10.1 Å². The Labute approximate surface area is 162 Å². The summed E-state index contributed by atoms with van der Waals surface area (Å²) in [6.07, 6.45) is 7.01. The molecule has 27 heavy (non-hydrogen) atoms. The quantitative estimate of drug-likeness (QED) is 0.577. The van der Waals surface area contributed by atoms with Crippen LogP contribution in [0.4, 0.5) is 5.82 Å². The van der Waals surface area contributed by atoms with Crippen LogP contribution in [0.3, 0.4) is 0 Å². The van der Waals surface area contributed by atoms with E-state index in [0.29, 0.717) is 18.2 Å². The molecule has 1 aliphatic rings. The van der Waals surface area contributed by atoms with Crippen LogP contribution >= 0.6 is 11.3 Å². The van der Waals surface area contributed by atoms with Crippen LogP contribution in [0.5, 0.6) is 0 Å². The Morgan fingerprint density at radius 3 is 3.00 bits per heavy atom. The zero-order valence-corrected chi connectivity index (χ0v) is 16.2. The number of nitrogens with zero attached hydrogens (tertiary/aromatic N) is 2. The summed E-state index contributed by atoms with van der Waals surface area (Å²) in [5.41, 5.74) is 4.13. The standard InChI is InChI=1S/C21H23N3O2S/c1-2-26-21(25)15-7-3-5-14(11-15)6-4-8-16-12-27-19-18(16)22-13-23-20(19)24-17-9-10-17/h3,5,7,11-13,17H,2,4,6,8-10H2,1H3,(H,22,23,24). The summed E-state index contributed by atoms with van der Waals surface area (Å²) in [5, 5.41) is 5.70. The van der Waals surface area contributed by atoms with E-state index in [0.717, 1.165) is 40.9 Å². The van der Waals surface area contributed by atoms with E-state index in [1.54, 1.807) is 23.7 Å². The zero-order valence-electron chi connectivity index (χ0n) is 15.4. The first-order valence-corrected chi connectivity index (χ1v) is 10.4. The molecule has 1 N–H and O–H groups in total. The number of carbonyl (C=O) groups is 1. The molecule has 0 radical (unpaired) electrons. The summed E-state index contributed by atoms with van der Waals surface area (Å²) in [6.45, 7) is 2.22. The summed E-state index contributed by atoms with van der Waals surface area (Å²) < 4.78 is 6.24. The van der Waals surface area contributed by atoms with Crippen molar-refractivity contribution in [2.24, 2.45) is 0 Å². The maximum atomic E-state index is 11.9.